The minimum atomic E-state index is -0.131. The molecule has 1 heterocycles. The second-order valence-electron chi connectivity index (χ2n) is 5.09. The van der Waals surface area contributed by atoms with E-state index >= 15 is 0 Å². The summed E-state index contributed by atoms with van der Waals surface area (Å²) in [7, 11) is 5.21. The van der Waals surface area contributed by atoms with Crippen molar-refractivity contribution in [2.24, 2.45) is 0 Å². The molecule has 1 N–H and O–H groups in total. The van der Waals surface area contributed by atoms with E-state index in [9.17, 15) is 4.79 Å². The van der Waals surface area contributed by atoms with Gasteiger partial charge in [-0.05, 0) is 45.1 Å². The summed E-state index contributed by atoms with van der Waals surface area (Å²) in [6.07, 6.45) is 1.94. The third kappa shape index (κ3) is 3.22. The topological polar surface area (TPSA) is 50.8 Å². The van der Waals surface area contributed by atoms with E-state index in [1.54, 1.807) is 26.4 Å². The highest BCUT2D eigenvalue weighted by atomic mass is 16.5. The SMILES string of the molecule is COc1cccc(OC)c1C(=O)NC1CCN(C)CC1. The van der Waals surface area contributed by atoms with E-state index in [-0.39, 0.29) is 11.9 Å². The average molecular weight is 278 g/mol. The number of carbonyl (C=O) groups is 1. The molecule has 110 valence electrons. The molecule has 0 unspecified atom stereocenters. The maximum Gasteiger partial charge on any atom is 0.259 e. The molecule has 1 aliphatic heterocycles. The summed E-state index contributed by atoms with van der Waals surface area (Å²) in [5, 5.41) is 3.08. The van der Waals surface area contributed by atoms with Gasteiger partial charge in [-0.1, -0.05) is 6.07 Å². The van der Waals surface area contributed by atoms with E-state index in [0.717, 1.165) is 25.9 Å². The highest BCUT2D eigenvalue weighted by Gasteiger charge is 2.23. The molecule has 5 heteroatoms. The van der Waals surface area contributed by atoms with Crippen molar-refractivity contribution in [2.75, 3.05) is 34.4 Å². The molecule has 1 aromatic rings. The van der Waals surface area contributed by atoms with Crippen molar-refractivity contribution in [3.05, 3.63) is 23.8 Å². The molecule has 0 aliphatic carbocycles. The molecule has 5 nitrogen and oxygen atoms in total. The van der Waals surface area contributed by atoms with Crippen LogP contribution < -0.4 is 14.8 Å². The van der Waals surface area contributed by atoms with E-state index in [4.69, 9.17) is 9.47 Å². The summed E-state index contributed by atoms with van der Waals surface area (Å²) in [5.41, 5.74) is 0.469. The van der Waals surface area contributed by atoms with Gasteiger partial charge in [0.2, 0.25) is 0 Å². The van der Waals surface area contributed by atoms with Crippen LogP contribution in [0.1, 0.15) is 23.2 Å². The maximum atomic E-state index is 12.5. The molecule has 0 aromatic heterocycles. The summed E-state index contributed by atoms with van der Waals surface area (Å²) in [4.78, 5) is 14.7. The molecule has 1 aliphatic rings. The first-order valence-electron chi connectivity index (χ1n) is 6.86. The largest absolute Gasteiger partial charge is 0.496 e. The zero-order chi connectivity index (χ0) is 14.5. The highest BCUT2D eigenvalue weighted by molar-refractivity contribution is 5.99. The van der Waals surface area contributed by atoms with Crippen molar-refractivity contribution in [3.8, 4) is 11.5 Å². The lowest BCUT2D eigenvalue weighted by Crippen LogP contribution is -2.43. The van der Waals surface area contributed by atoms with Crippen LogP contribution in [0, 0.1) is 0 Å². The summed E-state index contributed by atoms with van der Waals surface area (Å²) >= 11 is 0. The van der Waals surface area contributed by atoms with Crippen molar-refractivity contribution >= 4 is 5.91 Å². The third-order valence-corrected chi connectivity index (χ3v) is 3.71. The lowest BCUT2D eigenvalue weighted by atomic mass is 10.0. The van der Waals surface area contributed by atoms with Gasteiger partial charge in [-0.15, -0.1) is 0 Å². The van der Waals surface area contributed by atoms with Crippen LogP contribution in [0.5, 0.6) is 11.5 Å². The Labute approximate surface area is 119 Å². The molecule has 1 fully saturated rings. The van der Waals surface area contributed by atoms with Crippen LogP contribution in [0.2, 0.25) is 0 Å². The van der Waals surface area contributed by atoms with Crippen molar-refractivity contribution in [2.45, 2.75) is 18.9 Å². The van der Waals surface area contributed by atoms with E-state index in [1.165, 1.54) is 0 Å². The Morgan fingerprint density at radius 2 is 1.75 bits per heavy atom. The number of hydrogen-bond donors (Lipinski definition) is 1. The third-order valence-electron chi connectivity index (χ3n) is 3.71. The first kappa shape index (κ1) is 14.7. The van der Waals surface area contributed by atoms with E-state index in [1.807, 2.05) is 6.07 Å². The smallest absolute Gasteiger partial charge is 0.259 e. The molecule has 2 rings (SSSR count). The number of methoxy groups -OCH3 is 2. The Morgan fingerprint density at radius 3 is 2.25 bits per heavy atom. The summed E-state index contributed by atoms with van der Waals surface area (Å²) in [6, 6.07) is 5.57. The fourth-order valence-corrected chi connectivity index (χ4v) is 2.49. The molecule has 0 atom stereocenters. The fraction of sp³-hybridized carbons (Fsp3) is 0.533. The Kier molecular flexibility index (Phi) is 4.84. The number of carbonyl (C=O) groups excluding carboxylic acids is 1. The Bertz CT molecular complexity index is 446. The predicted octanol–water partition coefficient (Wildman–Crippen LogP) is 1.53. The highest BCUT2D eigenvalue weighted by Crippen LogP contribution is 2.28. The molecule has 1 saturated heterocycles. The Morgan fingerprint density at radius 1 is 1.20 bits per heavy atom. The number of rotatable bonds is 4. The van der Waals surface area contributed by atoms with Crippen LogP contribution in [-0.4, -0.2) is 51.2 Å². The first-order chi connectivity index (χ1) is 9.65. The minimum Gasteiger partial charge on any atom is -0.496 e. The quantitative estimate of drug-likeness (QED) is 0.907. The van der Waals surface area contributed by atoms with Gasteiger partial charge in [0.1, 0.15) is 17.1 Å². The second kappa shape index (κ2) is 6.61. The van der Waals surface area contributed by atoms with Gasteiger partial charge in [0.15, 0.2) is 0 Å². The summed E-state index contributed by atoms with van der Waals surface area (Å²) in [6.45, 7) is 2.02. The molecule has 1 aromatic carbocycles. The van der Waals surface area contributed by atoms with Crippen molar-refractivity contribution in [3.63, 3.8) is 0 Å². The van der Waals surface area contributed by atoms with Crippen LogP contribution in [0.15, 0.2) is 18.2 Å². The van der Waals surface area contributed by atoms with E-state index in [2.05, 4.69) is 17.3 Å². The zero-order valence-electron chi connectivity index (χ0n) is 12.3. The van der Waals surface area contributed by atoms with Crippen LogP contribution in [0.4, 0.5) is 0 Å². The first-order valence-corrected chi connectivity index (χ1v) is 6.86. The van der Waals surface area contributed by atoms with Crippen LogP contribution in [-0.2, 0) is 0 Å². The monoisotopic (exact) mass is 278 g/mol. The van der Waals surface area contributed by atoms with Gasteiger partial charge in [0.05, 0.1) is 14.2 Å². The van der Waals surface area contributed by atoms with Gasteiger partial charge in [0.25, 0.3) is 5.91 Å². The zero-order valence-corrected chi connectivity index (χ0v) is 12.3. The van der Waals surface area contributed by atoms with E-state index in [0.29, 0.717) is 17.1 Å². The molecular weight excluding hydrogens is 256 g/mol. The number of nitrogens with zero attached hydrogens (tertiary/aromatic N) is 1. The van der Waals surface area contributed by atoms with Gasteiger partial charge in [-0.3, -0.25) is 4.79 Å². The molecule has 0 saturated carbocycles. The predicted molar refractivity (Wildman–Crippen MR) is 77.5 cm³/mol. The number of piperidine rings is 1. The van der Waals surface area contributed by atoms with Crippen LogP contribution in [0.3, 0.4) is 0 Å². The number of nitrogens with one attached hydrogen (secondary N) is 1. The number of likely N-dealkylation sites (tertiary alicyclic amines) is 1. The van der Waals surface area contributed by atoms with Crippen LogP contribution in [0.25, 0.3) is 0 Å². The summed E-state index contributed by atoms with van der Waals surface area (Å²) < 4.78 is 10.5. The maximum absolute atomic E-state index is 12.5. The number of amides is 1. The van der Waals surface area contributed by atoms with Crippen LogP contribution >= 0.6 is 0 Å². The lowest BCUT2D eigenvalue weighted by molar-refractivity contribution is 0.0910. The molecule has 20 heavy (non-hydrogen) atoms. The van der Waals surface area contributed by atoms with Crippen molar-refractivity contribution < 1.29 is 14.3 Å². The molecular formula is C15H22N2O3. The molecule has 0 radical (unpaired) electrons. The Hall–Kier alpha value is -1.75. The van der Waals surface area contributed by atoms with Crippen molar-refractivity contribution in [1.82, 2.24) is 10.2 Å². The number of ether oxygens (including phenoxy) is 2. The Balaban J connectivity index is 2.12. The van der Waals surface area contributed by atoms with Gasteiger partial charge < -0.3 is 19.7 Å². The normalized spacial score (nSPS) is 16.8. The van der Waals surface area contributed by atoms with Gasteiger partial charge in [0, 0.05) is 6.04 Å². The van der Waals surface area contributed by atoms with Gasteiger partial charge in [-0.2, -0.15) is 0 Å². The minimum absolute atomic E-state index is 0.131. The standard InChI is InChI=1S/C15H22N2O3/c1-17-9-7-11(8-10-17)16-15(18)14-12(19-2)5-4-6-13(14)20-3/h4-6,11H,7-10H2,1-3H3,(H,16,18). The second-order valence-corrected chi connectivity index (χ2v) is 5.09. The lowest BCUT2D eigenvalue weighted by Gasteiger charge is -2.29. The fourth-order valence-electron chi connectivity index (χ4n) is 2.49. The average Bonchev–Trinajstić information content (AvgIpc) is 2.48. The summed E-state index contributed by atoms with van der Waals surface area (Å²) in [5.74, 6) is 0.943. The van der Waals surface area contributed by atoms with E-state index < -0.39 is 0 Å². The molecule has 0 bridgehead atoms. The van der Waals surface area contributed by atoms with Gasteiger partial charge in [-0.25, -0.2) is 0 Å². The number of benzene rings is 1. The molecule has 1 amide bonds. The van der Waals surface area contributed by atoms with Gasteiger partial charge >= 0.3 is 0 Å². The van der Waals surface area contributed by atoms with Crippen molar-refractivity contribution in [1.29, 1.82) is 0 Å². The molecule has 0 spiro atoms. The number of hydrogen-bond acceptors (Lipinski definition) is 4.